The fourth-order valence-corrected chi connectivity index (χ4v) is 0.444. The highest BCUT2D eigenvalue weighted by molar-refractivity contribution is 5.88. The summed E-state index contributed by atoms with van der Waals surface area (Å²) in [5.74, 6) is 0. The number of nitrogens with zero attached hydrogens (tertiary/aromatic N) is 3. The molecule has 1 heterocycles. The van der Waals surface area contributed by atoms with Gasteiger partial charge in [-0.25, -0.2) is 0 Å². The van der Waals surface area contributed by atoms with E-state index in [4.69, 9.17) is 0 Å². The number of hydrogen-bond donors (Lipinski definition) is 0. The number of carbonyl (C=O) groups excluding carboxylic acids is 1. The van der Waals surface area contributed by atoms with Crippen molar-refractivity contribution < 1.29 is 9.53 Å². The van der Waals surface area contributed by atoms with Gasteiger partial charge in [0.05, 0.1) is 0 Å². The maximum Gasteiger partial charge on any atom is 0.293 e. The van der Waals surface area contributed by atoms with E-state index in [2.05, 4.69) is 20.2 Å². The van der Waals surface area contributed by atoms with Crippen molar-refractivity contribution >= 4 is 12.2 Å². The summed E-state index contributed by atoms with van der Waals surface area (Å²) in [5.41, 5.74) is 0.683. The van der Waals surface area contributed by atoms with Crippen molar-refractivity contribution in [3.8, 4) is 0 Å². The molecule has 0 radical (unpaired) electrons. The van der Waals surface area contributed by atoms with Gasteiger partial charge in [-0.3, -0.25) is 4.79 Å². The van der Waals surface area contributed by atoms with Crippen molar-refractivity contribution in [1.29, 1.82) is 0 Å². The zero-order valence-corrected chi connectivity index (χ0v) is 4.65. The quantitative estimate of drug-likeness (QED) is 0.500. The second-order valence-electron chi connectivity index (χ2n) is 1.46. The highest BCUT2D eigenvalue weighted by atomic mass is 16.5. The van der Waals surface area contributed by atoms with Crippen LogP contribution in [0.2, 0.25) is 0 Å². The summed E-state index contributed by atoms with van der Waals surface area (Å²) in [6.07, 6.45) is 0. The summed E-state index contributed by atoms with van der Waals surface area (Å²) >= 11 is 0. The lowest BCUT2D eigenvalue weighted by Crippen LogP contribution is -2.08. The lowest BCUT2D eigenvalue weighted by molar-refractivity contribution is -0.127. The molecule has 1 rings (SSSR count). The number of rotatable bonds is 3. The average molecular weight is 127 g/mol. The molecule has 0 saturated heterocycles. The standard InChI is InChI=1S/C4H5N3O2/c8-3-9-2-4-1-5-7-6-4/h3H,1-2H2. The Morgan fingerprint density at radius 2 is 2.67 bits per heavy atom. The lowest BCUT2D eigenvalue weighted by atomic mass is 10.4. The minimum Gasteiger partial charge on any atom is -0.462 e. The largest absolute Gasteiger partial charge is 0.462 e. The smallest absolute Gasteiger partial charge is 0.293 e. The molecule has 5 heteroatoms. The van der Waals surface area contributed by atoms with E-state index in [-0.39, 0.29) is 6.61 Å². The molecule has 0 bridgehead atoms. The van der Waals surface area contributed by atoms with Crippen LogP contribution in [0.15, 0.2) is 15.4 Å². The minimum absolute atomic E-state index is 0.205. The van der Waals surface area contributed by atoms with Gasteiger partial charge < -0.3 is 4.74 Å². The topological polar surface area (TPSA) is 63.4 Å². The second-order valence-corrected chi connectivity index (χ2v) is 1.46. The highest BCUT2D eigenvalue weighted by Crippen LogP contribution is 1.93. The van der Waals surface area contributed by atoms with Crippen molar-refractivity contribution in [1.82, 2.24) is 0 Å². The maximum atomic E-state index is 9.62. The van der Waals surface area contributed by atoms with Gasteiger partial charge in [0.15, 0.2) is 0 Å². The Balaban J connectivity index is 2.21. The Morgan fingerprint density at radius 3 is 3.22 bits per heavy atom. The van der Waals surface area contributed by atoms with Gasteiger partial charge >= 0.3 is 0 Å². The third-order valence-electron chi connectivity index (χ3n) is 0.821. The second kappa shape index (κ2) is 2.91. The van der Waals surface area contributed by atoms with Gasteiger partial charge in [0, 0.05) is 0 Å². The van der Waals surface area contributed by atoms with Crippen LogP contribution in [0, 0.1) is 0 Å². The summed E-state index contributed by atoms with van der Waals surface area (Å²) in [6, 6.07) is 0. The van der Waals surface area contributed by atoms with Crippen LogP contribution in [0.4, 0.5) is 0 Å². The lowest BCUT2D eigenvalue weighted by Gasteiger charge is -1.91. The van der Waals surface area contributed by atoms with Crippen LogP contribution in [0.25, 0.3) is 0 Å². The van der Waals surface area contributed by atoms with Crippen molar-refractivity contribution in [3.05, 3.63) is 0 Å². The molecule has 0 unspecified atom stereocenters. The summed E-state index contributed by atoms with van der Waals surface area (Å²) in [6.45, 7) is 1.03. The Labute approximate surface area is 51.4 Å². The molecule has 0 spiro atoms. The molecule has 48 valence electrons. The fraction of sp³-hybridized carbons (Fsp3) is 0.500. The normalized spacial score (nSPS) is 15.3. The zero-order chi connectivity index (χ0) is 6.53. The predicted molar refractivity (Wildman–Crippen MR) is 29.2 cm³/mol. The predicted octanol–water partition coefficient (Wildman–Crippen LogP) is -0.0188. The molecular formula is C4H5N3O2. The van der Waals surface area contributed by atoms with Crippen LogP contribution in [0.3, 0.4) is 0 Å². The Bertz CT molecular complexity index is 163. The third-order valence-corrected chi connectivity index (χ3v) is 0.821. The molecule has 0 fully saturated rings. The molecule has 1 aliphatic heterocycles. The average Bonchev–Trinajstić information content (AvgIpc) is 2.34. The fourth-order valence-electron chi connectivity index (χ4n) is 0.444. The van der Waals surface area contributed by atoms with E-state index in [1.54, 1.807) is 0 Å². The molecule has 9 heavy (non-hydrogen) atoms. The van der Waals surface area contributed by atoms with Gasteiger partial charge in [-0.2, -0.15) is 5.11 Å². The maximum absolute atomic E-state index is 9.62. The number of carbonyl (C=O) groups is 1. The molecule has 0 aromatic rings. The first-order chi connectivity index (χ1) is 4.43. The molecule has 0 saturated carbocycles. The van der Waals surface area contributed by atoms with Gasteiger partial charge in [0.2, 0.25) is 0 Å². The monoisotopic (exact) mass is 127 g/mol. The third kappa shape index (κ3) is 1.60. The van der Waals surface area contributed by atoms with Crippen LogP contribution in [-0.2, 0) is 9.53 Å². The number of ether oxygens (including phenoxy) is 1. The Morgan fingerprint density at radius 1 is 1.78 bits per heavy atom. The Hall–Kier alpha value is -1.26. The molecule has 0 aromatic heterocycles. The van der Waals surface area contributed by atoms with E-state index in [0.29, 0.717) is 18.7 Å². The van der Waals surface area contributed by atoms with Gasteiger partial charge in [-0.15, -0.1) is 5.10 Å². The molecule has 5 nitrogen and oxygen atoms in total. The van der Waals surface area contributed by atoms with E-state index in [0.717, 1.165) is 0 Å². The van der Waals surface area contributed by atoms with Crippen LogP contribution < -0.4 is 0 Å². The van der Waals surface area contributed by atoms with E-state index in [1.807, 2.05) is 0 Å². The number of hydrogen-bond acceptors (Lipinski definition) is 5. The van der Waals surface area contributed by atoms with Crippen LogP contribution in [0.5, 0.6) is 0 Å². The Kier molecular flexibility index (Phi) is 1.90. The van der Waals surface area contributed by atoms with E-state index >= 15 is 0 Å². The molecule has 0 aliphatic carbocycles. The summed E-state index contributed by atoms with van der Waals surface area (Å²) < 4.78 is 4.39. The first-order valence-electron chi connectivity index (χ1n) is 2.41. The molecule has 0 atom stereocenters. The van der Waals surface area contributed by atoms with Crippen molar-refractivity contribution in [2.45, 2.75) is 0 Å². The van der Waals surface area contributed by atoms with Gasteiger partial charge in [-0.05, 0) is 5.22 Å². The molecule has 1 aliphatic rings. The minimum atomic E-state index is 0.205. The molecule has 0 aromatic carbocycles. The summed E-state index contributed by atoms with van der Waals surface area (Å²) in [5, 5.41) is 10.4. The molecular weight excluding hydrogens is 122 g/mol. The zero-order valence-electron chi connectivity index (χ0n) is 4.65. The van der Waals surface area contributed by atoms with Crippen molar-refractivity contribution in [2.75, 3.05) is 13.2 Å². The molecule has 0 amide bonds. The van der Waals surface area contributed by atoms with E-state index in [9.17, 15) is 4.79 Å². The van der Waals surface area contributed by atoms with Crippen LogP contribution in [0.1, 0.15) is 0 Å². The van der Waals surface area contributed by atoms with Gasteiger partial charge in [0.1, 0.15) is 18.9 Å². The first-order valence-corrected chi connectivity index (χ1v) is 2.41. The summed E-state index contributed by atoms with van der Waals surface area (Å²) in [4.78, 5) is 9.62. The van der Waals surface area contributed by atoms with E-state index < -0.39 is 0 Å². The highest BCUT2D eigenvalue weighted by Gasteiger charge is 2.02. The molecule has 0 N–H and O–H groups in total. The van der Waals surface area contributed by atoms with Crippen molar-refractivity contribution in [2.24, 2.45) is 15.4 Å². The summed E-state index contributed by atoms with van der Waals surface area (Å²) in [7, 11) is 0. The SMILES string of the molecule is O=COCC1=NN=NC1. The van der Waals surface area contributed by atoms with Crippen molar-refractivity contribution in [3.63, 3.8) is 0 Å². The van der Waals surface area contributed by atoms with Gasteiger partial charge in [-0.1, -0.05) is 0 Å². The first kappa shape index (κ1) is 5.87. The van der Waals surface area contributed by atoms with Crippen LogP contribution >= 0.6 is 0 Å². The van der Waals surface area contributed by atoms with Gasteiger partial charge in [0.25, 0.3) is 6.47 Å². The van der Waals surface area contributed by atoms with Crippen LogP contribution in [-0.4, -0.2) is 25.3 Å². The van der Waals surface area contributed by atoms with E-state index in [1.165, 1.54) is 0 Å².